The van der Waals surface area contributed by atoms with Crippen molar-refractivity contribution in [2.75, 3.05) is 26.2 Å². The number of hydrogen-bond acceptors (Lipinski definition) is 4. The van der Waals surface area contributed by atoms with E-state index in [1.54, 1.807) is 0 Å². The molecule has 1 aliphatic rings. The molecule has 1 fully saturated rings. The van der Waals surface area contributed by atoms with Crippen LogP contribution in [-0.4, -0.2) is 53.8 Å². The van der Waals surface area contributed by atoms with E-state index in [9.17, 15) is 14.4 Å². The number of carbonyl (C=O) groups excluding carboxylic acids is 2. The number of ketones is 1. The van der Waals surface area contributed by atoms with Gasteiger partial charge in [0.05, 0.1) is 6.54 Å². The number of aliphatic carboxylic acids is 1. The molecule has 0 spiro atoms. The van der Waals surface area contributed by atoms with Crippen molar-refractivity contribution in [1.29, 1.82) is 0 Å². The quantitative estimate of drug-likeness (QED) is 0.692. The topological polar surface area (TPSA) is 86.7 Å². The second-order valence-electron chi connectivity index (χ2n) is 7.38. The van der Waals surface area contributed by atoms with Crippen molar-refractivity contribution in [1.82, 2.24) is 10.2 Å². The summed E-state index contributed by atoms with van der Waals surface area (Å²) in [5, 5.41) is 10.9. The maximum absolute atomic E-state index is 12.7. The van der Waals surface area contributed by atoms with E-state index in [4.69, 9.17) is 5.11 Å². The van der Waals surface area contributed by atoms with Gasteiger partial charge in [-0.3, -0.25) is 19.3 Å². The molecular formula is C20H28N2O4. The van der Waals surface area contributed by atoms with E-state index in [2.05, 4.69) is 19.2 Å². The molecule has 0 saturated carbocycles. The van der Waals surface area contributed by atoms with E-state index < -0.39 is 5.97 Å². The highest BCUT2D eigenvalue weighted by Gasteiger charge is 2.26. The fourth-order valence-electron chi connectivity index (χ4n) is 3.30. The van der Waals surface area contributed by atoms with Gasteiger partial charge in [0.25, 0.3) is 0 Å². The minimum atomic E-state index is -1.05. The molecule has 1 amide bonds. The molecule has 142 valence electrons. The zero-order chi connectivity index (χ0) is 19.1. The maximum Gasteiger partial charge on any atom is 0.322 e. The predicted octanol–water partition coefficient (Wildman–Crippen LogP) is 1.98. The van der Waals surface area contributed by atoms with Gasteiger partial charge in [0.1, 0.15) is 6.54 Å². The van der Waals surface area contributed by atoms with Crippen LogP contribution < -0.4 is 5.32 Å². The van der Waals surface area contributed by atoms with Gasteiger partial charge in [-0.05, 0) is 43.8 Å². The Morgan fingerprint density at radius 3 is 2.31 bits per heavy atom. The van der Waals surface area contributed by atoms with Gasteiger partial charge in [-0.25, -0.2) is 0 Å². The average molecular weight is 360 g/mol. The third kappa shape index (κ3) is 6.26. The van der Waals surface area contributed by atoms with Crippen molar-refractivity contribution in [2.45, 2.75) is 33.1 Å². The third-order valence-corrected chi connectivity index (χ3v) is 4.64. The monoisotopic (exact) mass is 360 g/mol. The van der Waals surface area contributed by atoms with Crippen LogP contribution >= 0.6 is 0 Å². The van der Waals surface area contributed by atoms with E-state index in [1.165, 1.54) is 5.56 Å². The molecule has 2 N–H and O–H groups in total. The van der Waals surface area contributed by atoms with Crippen LogP contribution in [-0.2, 0) is 16.0 Å². The number of hydrogen-bond donors (Lipinski definition) is 2. The van der Waals surface area contributed by atoms with Gasteiger partial charge < -0.3 is 10.4 Å². The molecule has 1 aliphatic heterocycles. The van der Waals surface area contributed by atoms with Crippen molar-refractivity contribution in [3.63, 3.8) is 0 Å². The van der Waals surface area contributed by atoms with E-state index in [-0.39, 0.29) is 30.7 Å². The summed E-state index contributed by atoms with van der Waals surface area (Å²) in [6, 6.07) is 7.92. The Bertz CT molecular complexity index is 632. The Morgan fingerprint density at radius 2 is 1.77 bits per heavy atom. The summed E-state index contributed by atoms with van der Waals surface area (Å²) in [6.07, 6.45) is 2.45. The normalized spacial score (nSPS) is 15.8. The van der Waals surface area contributed by atoms with Crippen molar-refractivity contribution in [3.8, 4) is 0 Å². The first-order chi connectivity index (χ1) is 12.3. The first-order valence-electron chi connectivity index (χ1n) is 9.19. The molecule has 0 aliphatic carbocycles. The number of carbonyl (C=O) groups is 3. The van der Waals surface area contributed by atoms with Gasteiger partial charge in [0.15, 0.2) is 5.78 Å². The summed E-state index contributed by atoms with van der Waals surface area (Å²) in [5.74, 6) is -0.589. The Hall–Kier alpha value is -2.21. The van der Waals surface area contributed by atoms with E-state index >= 15 is 0 Å². The van der Waals surface area contributed by atoms with Crippen LogP contribution in [0.3, 0.4) is 0 Å². The van der Waals surface area contributed by atoms with Crippen molar-refractivity contribution < 1.29 is 19.5 Å². The molecular weight excluding hydrogens is 332 g/mol. The third-order valence-electron chi connectivity index (χ3n) is 4.64. The lowest BCUT2D eigenvalue weighted by molar-refractivity contribution is -0.138. The van der Waals surface area contributed by atoms with E-state index in [1.807, 2.05) is 29.2 Å². The Kier molecular flexibility index (Phi) is 7.33. The van der Waals surface area contributed by atoms with E-state index in [0.29, 0.717) is 19.0 Å². The number of benzene rings is 1. The molecule has 1 heterocycles. The van der Waals surface area contributed by atoms with Gasteiger partial charge in [0.2, 0.25) is 5.91 Å². The molecule has 6 nitrogen and oxygen atoms in total. The largest absolute Gasteiger partial charge is 0.480 e. The molecule has 2 rings (SSSR count). The van der Waals surface area contributed by atoms with E-state index in [0.717, 1.165) is 24.8 Å². The molecule has 0 radical (unpaired) electrons. The summed E-state index contributed by atoms with van der Waals surface area (Å²) in [7, 11) is 0. The Morgan fingerprint density at radius 1 is 1.15 bits per heavy atom. The number of nitrogens with one attached hydrogen (secondary N) is 1. The number of amides is 1. The molecule has 0 aromatic heterocycles. The zero-order valence-electron chi connectivity index (χ0n) is 15.5. The highest BCUT2D eigenvalue weighted by molar-refractivity contribution is 5.98. The lowest BCUT2D eigenvalue weighted by Crippen LogP contribution is -2.43. The molecule has 6 heteroatoms. The summed E-state index contributed by atoms with van der Waals surface area (Å²) < 4.78 is 0. The smallest absolute Gasteiger partial charge is 0.322 e. The van der Waals surface area contributed by atoms with Crippen molar-refractivity contribution in [3.05, 3.63) is 35.4 Å². The van der Waals surface area contributed by atoms with Crippen LogP contribution in [0.4, 0.5) is 0 Å². The molecule has 1 saturated heterocycles. The molecule has 1 aromatic carbocycles. The SMILES string of the molecule is CC(C)Cc1ccc(C(=O)C2CCN(CC(=O)NCC(=O)O)CC2)cc1. The molecule has 1 aromatic rings. The number of likely N-dealkylation sites (tertiary alicyclic amines) is 1. The molecule has 0 atom stereocenters. The summed E-state index contributed by atoms with van der Waals surface area (Å²) >= 11 is 0. The van der Waals surface area contributed by atoms with Crippen LogP contribution in [0.2, 0.25) is 0 Å². The number of piperidine rings is 1. The predicted molar refractivity (Wildman–Crippen MR) is 99.1 cm³/mol. The Balaban J connectivity index is 1.80. The summed E-state index contributed by atoms with van der Waals surface area (Å²) in [5.41, 5.74) is 2.01. The second kappa shape index (κ2) is 9.48. The lowest BCUT2D eigenvalue weighted by atomic mass is 9.88. The fraction of sp³-hybridized carbons (Fsp3) is 0.550. The second-order valence-corrected chi connectivity index (χ2v) is 7.38. The number of Topliss-reactive ketones (excluding diaryl/α,β-unsaturated/α-hetero) is 1. The van der Waals surface area contributed by atoms with Gasteiger partial charge >= 0.3 is 5.97 Å². The number of nitrogens with zero attached hydrogens (tertiary/aromatic N) is 1. The highest BCUT2D eigenvalue weighted by Crippen LogP contribution is 2.22. The van der Waals surface area contributed by atoms with Crippen molar-refractivity contribution in [2.24, 2.45) is 11.8 Å². The number of carboxylic acid groups (broad SMARTS) is 1. The van der Waals surface area contributed by atoms with Crippen LogP contribution in [0.1, 0.15) is 42.6 Å². The lowest BCUT2D eigenvalue weighted by Gasteiger charge is -2.30. The molecule has 26 heavy (non-hydrogen) atoms. The van der Waals surface area contributed by atoms with Gasteiger partial charge in [-0.15, -0.1) is 0 Å². The number of rotatable bonds is 8. The highest BCUT2D eigenvalue weighted by atomic mass is 16.4. The van der Waals surface area contributed by atoms with Crippen LogP contribution in [0.25, 0.3) is 0 Å². The standard InChI is InChI=1S/C20H28N2O4/c1-14(2)11-15-3-5-16(6-4-15)20(26)17-7-9-22(10-8-17)13-18(23)21-12-19(24)25/h3-6,14,17H,7-13H2,1-2H3,(H,21,23)(H,24,25). The molecule has 0 unspecified atom stereocenters. The number of carboxylic acids is 1. The first kappa shape index (κ1) is 20.1. The average Bonchev–Trinajstić information content (AvgIpc) is 2.60. The molecule has 0 bridgehead atoms. The maximum atomic E-state index is 12.7. The minimum Gasteiger partial charge on any atom is -0.480 e. The summed E-state index contributed by atoms with van der Waals surface area (Å²) in [4.78, 5) is 36.8. The van der Waals surface area contributed by atoms with Crippen LogP contribution in [0.5, 0.6) is 0 Å². The Labute approximate surface area is 154 Å². The van der Waals surface area contributed by atoms with Gasteiger partial charge in [-0.2, -0.15) is 0 Å². The van der Waals surface area contributed by atoms with Crippen LogP contribution in [0, 0.1) is 11.8 Å². The van der Waals surface area contributed by atoms with Gasteiger partial charge in [0, 0.05) is 11.5 Å². The summed E-state index contributed by atoms with van der Waals surface area (Å²) in [6.45, 7) is 5.51. The fourth-order valence-corrected chi connectivity index (χ4v) is 3.30. The minimum absolute atomic E-state index is 0.00993. The zero-order valence-corrected chi connectivity index (χ0v) is 15.5. The van der Waals surface area contributed by atoms with Gasteiger partial charge in [-0.1, -0.05) is 38.1 Å². The van der Waals surface area contributed by atoms with Crippen LogP contribution in [0.15, 0.2) is 24.3 Å². The first-order valence-corrected chi connectivity index (χ1v) is 9.19. The van der Waals surface area contributed by atoms with Crippen molar-refractivity contribution >= 4 is 17.7 Å².